The molecule has 0 saturated heterocycles. The Morgan fingerprint density at radius 1 is 1.50 bits per heavy atom. The summed E-state index contributed by atoms with van der Waals surface area (Å²) in [7, 11) is 0. The molecule has 3 heteroatoms. The van der Waals surface area contributed by atoms with Gasteiger partial charge in [0.2, 0.25) is 0 Å². The number of hydrogen-bond donors (Lipinski definition) is 0. The predicted molar refractivity (Wildman–Crippen MR) is 71.4 cm³/mol. The van der Waals surface area contributed by atoms with Crippen LogP contribution in [-0.2, 0) is 0 Å². The van der Waals surface area contributed by atoms with Crippen LogP contribution in [0, 0.1) is 11.3 Å². The van der Waals surface area contributed by atoms with Crippen LogP contribution in [0.25, 0.3) is 11.0 Å². The molecule has 2 aromatic rings. The van der Waals surface area contributed by atoms with E-state index in [9.17, 15) is 0 Å². The summed E-state index contributed by atoms with van der Waals surface area (Å²) in [6.07, 6.45) is 3.62. The van der Waals surface area contributed by atoms with Crippen LogP contribution in [0.3, 0.4) is 0 Å². The first-order valence-corrected chi connectivity index (χ1v) is 6.66. The van der Waals surface area contributed by atoms with Gasteiger partial charge < -0.3 is 4.57 Å². The molecule has 1 aliphatic carbocycles. The summed E-state index contributed by atoms with van der Waals surface area (Å²) < 4.78 is 2.39. The molecule has 1 unspecified atom stereocenters. The van der Waals surface area contributed by atoms with Crippen LogP contribution in [0.1, 0.15) is 56.5 Å². The van der Waals surface area contributed by atoms with E-state index >= 15 is 0 Å². The second-order valence-corrected chi connectivity index (χ2v) is 5.20. The third-order valence-electron chi connectivity index (χ3n) is 3.81. The van der Waals surface area contributed by atoms with Crippen LogP contribution < -0.4 is 0 Å². The maximum absolute atomic E-state index is 8.97. The highest BCUT2D eigenvalue weighted by Gasteiger charge is 2.29. The lowest BCUT2D eigenvalue weighted by molar-refractivity contribution is 0.610. The van der Waals surface area contributed by atoms with Crippen molar-refractivity contribution in [2.24, 2.45) is 0 Å². The first-order chi connectivity index (χ1) is 8.74. The van der Waals surface area contributed by atoms with Crippen molar-refractivity contribution in [1.82, 2.24) is 9.55 Å². The Labute approximate surface area is 107 Å². The molecule has 0 aliphatic heterocycles. The fourth-order valence-corrected chi connectivity index (χ4v) is 2.43. The van der Waals surface area contributed by atoms with Gasteiger partial charge in [-0.05, 0) is 37.5 Å². The highest BCUT2D eigenvalue weighted by atomic mass is 15.1. The van der Waals surface area contributed by atoms with Crippen molar-refractivity contribution in [2.75, 3.05) is 0 Å². The van der Waals surface area contributed by atoms with Crippen molar-refractivity contribution in [3.05, 3.63) is 29.6 Å². The van der Waals surface area contributed by atoms with Gasteiger partial charge >= 0.3 is 0 Å². The molecule has 1 fully saturated rings. The first kappa shape index (κ1) is 11.3. The largest absolute Gasteiger partial charge is 0.325 e. The fourth-order valence-electron chi connectivity index (χ4n) is 2.43. The Bertz CT molecular complexity index is 629. The molecule has 0 bridgehead atoms. The van der Waals surface area contributed by atoms with Crippen molar-refractivity contribution in [1.29, 1.82) is 5.26 Å². The van der Waals surface area contributed by atoms with Gasteiger partial charge in [0, 0.05) is 12.0 Å². The second-order valence-electron chi connectivity index (χ2n) is 5.20. The minimum Gasteiger partial charge on any atom is -0.325 e. The summed E-state index contributed by atoms with van der Waals surface area (Å²) in [6, 6.07) is 8.66. The monoisotopic (exact) mass is 239 g/mol. The highest BCUT2D eigenvalue weighted by Crippen LogP contribution is 2.40. The number of rotatable bonds is 3. The lowest BCUT2D eigenvalue weighted by atomic mass is 10.1. The fraction of sp³-hybridized carbons (Fsp3) is 0.467. The van der Waals surface area contributed by atoms with Crippen LogP contribution >= 0.6 is 0 Å². The number of hydrogen-bond acceptors (Lipinski definition) is 2. The van der Waals surface area contributed by atoms with E-state index in [-0.39, 0.29) is 0 Å². The van der Waals surface area contributed by atoms with Crippen LogP contribution in [0.15, 0.2) is 18.2 Å². The summed E-state index contributed by atoms with van der Waals surface area (Å²) in [5, 5.41) is 8.97. The summed E-state index contributed by atoms with van der Waals surface area (Å²) in [6.45, 7) is 4.42. The average Bonchev–Trinajstić information content (AvgIpc) is 3.17. The summed E-state index contributed by atoms with van der Waals surface area (Å²) >= 11 is 0. The van der Waals surface area contributed by atoms with Crippen molar-refractivity contribution < 1.29 is 0 Å². The molecule has 1 saturated carbocycles. The smallest absolute Gasteiger partial charge is 0.112 e. The van der Waals surface area contributed by atoms with Crippen LogP contribution in [0.4, 0.5) is 0 Å². The molecule has 3 rings (SSSR count). The van der Waals surface area contributed by atoms with Gasteiger partial charge in [-0.1, -0.05) is 13.8 Å². The standard InChI is InChI=1S/C15H17N3/c1-3-10(2)15-17-13-8-11(9-16)4-7-14(13)18(15)12-5-6-12/h4,7-8,10,12H,3,5-6H2,1-2H3. The minimum absolute atomic E-state index is 0.475. The van der Waals surface area contributed by atoms with E-state index in [0.29, 0.717) is 17.5 Å². The molecule has 1 aromatic carbocycles. The van der Waals surface area contributed by atoms with Gasteiger partial charge in [-0.2, -0.15) is 5.26 Å². The third kappa shape index (κ3) is 1.69. The Morgan fingerprint density at radius 2 is 2.28 bits per heavy atom. The second kappa shape index (κ2) is 4.13. The summed E-state index contributed by atoms with van der Waals surface area (Å²) in [5.74, 6) is 1.66. The molecule has 18 heavy (non-hydrogen) atoms. The van der Waals surface area contributed by atoms with Gasteiger partial charge in [0.15, 0.2) is 0 Å². The molecule has 0 spiro atoms. The number of aromatic nitrogens is 2. The van der Waals surface area contributed by atoms with E-state index in [1.807, 2.05) is 18.2 Å². The normalized spacial score (nSPS) is 16.7. The maximum Gasteiger partial charge on any atom is 0.112 e. The SMILES string of the molecule is CCC(C)c1nc2cc(C#N)ccc2n1C1CC1. The maximum atomic E-state index is 8.97. The number of fused-ring (bicyclic) bond motifs is 1. The molecule has 92 valence electrons. The van der Waals surface area contributed by atoms with Gasteiger partial charge in [-0.3, -0.25) is 0 Å². The zero-order valence-electron chi connectivity index (χ0n) is 10.8. The van der Waals surface area contributed by atoms with E-state index < -0.39 is 0 Å². The van der Waals surface area contributed by atoms with Crippen molar-refractivity contribution in [2.45, 2.75) is 45.1 Å². The molecule has 1 aliphatic rings. The van der Waals surface area contributed by atoms with Crippen molar-refractivity contribution in [3.8, 4) is 6.07 Å². The Morgan fingerprint density at radius 3 is 2.89 bits per heavy atom. The van der Waals surface area contributed by atoms with Gasteiger partial charge in [0.1, 0.15) is 5.82 Å². The topological polar surface area (TPSA) is 41.6 Å². The zero-order chi connectivity index (χ0) is 12.7. The van der Waals surface area contributed by atoms with E-state index in [0.717, 1.165) is 11.9 Å². The van der Waals surface area contributed by atoms with E-state index in [1.165, 1.54) is 24.2 Å². The van der Waals surface area contributed by atoms with Gasteiger partial charge in [-0.25, -0.2) is 4.98 Å². The molecular formula is C15H17N3. The number of nitriles is 1. The zero-order valence-corrected chi connectivity index (χ0v) is 10.8. The number of benzene rings is 1. The van der Waals surface area contributed by atoms with Gasteiger partial charge in [-0.15, -0.1) is 0 Å². The molecule has 0 N–H and O–H groups in total. The molecule has 1 heterocycles. The molecule has 0 amide bonds. The number of imidazole rings is 1. The van der Waals surface area contributed by atoms with Gasteiger partial charge in [0.05, 0.1) is 22.7 Å². The van der Waals surface area contributed by atoms with Crippen LogP contribution in [-0.4, -0.2) is 9.55 Å². The number of nitrogens with zero attached hydrogens (tertiary/aromatic N) is 3. The Kier molecular flexibility index (Phi) is 2.59. The van der Waals surface area contributed by atoms with Crippen molar-refractivity contribution in [3.63, 3.8) is 0 Å². The van der Waals surface area contributed by atoms with E-state index in [4.69, 9.17) is 10.2 Å². The van der Waals surface area contributed by atoms with E-state index in [2.05, 4.69) is 24.5 Å². The van der Waals surface area contributed by atoms with Crippen LogP contribution in [0.2, 0.25) is 0 Å². The van der Waals surface area contributed by atoms with Crippen LogP contribution in [0.5, 0.6) is 0 Å². The third-order valence-corrected chi connectivity index (χ3v) is 3.81. The summed E-state index contributed by atoms with van der Waals surface area (Å²) in [5.41, 5.74) is 2.85. The minimum atomic E-state index is 0.475. The molecular weight excluding hydrogens is 222 g/mol. The van der Waals surface area contributed by atoms with Gasteiger partial charge in [0.25, 0.3) is 0 Å². The first-order valence-electron chi connectivity index (χ1n) is 6.66. The van der Waals surface area contributed by atoms with E-state index in [1.54, 1.807) is 0 Å². The van der Waals surface area contributed by atoms with Crippen molar-refractivity contribution >= 4 is 11.0 Å². The molecule has 1 aromatic heterocycles. The predicted octanol–water partition coefficient (Wildman–Crippen LogP) is 3.76. The Hall–Kier alpha value is -1.82. The molecule has 0 radical (unpaired) electrons. The summed E-state index contributed by atoms with van der Waals surface area (Å²) in [4.78, 5) is 4.77. The molecule has 1 atom stereocenters. The lowest BCUT2D eigenvalue weighted by Crippen LogP contribution is -2.04. The highest BCUT2D eigenvalue weighted by molar-refractivity contribution is 5.78. The lowest BCUT2D eigenvalue weighted by Gasteiger charge is -2.12. The average molecular weight is 239 g/mol. The quantitative estimate of drug-likeness (QED) is 0.818. The molecule has 3 nitrogen and oxygen atoms in total. The Balaban J connectivity index is 2.22.